The molecule has 1 aromatic rings. The summed E-state index contributed by atoms with van der Waals surface area (Å²) in [5.41, 5.74) is 2.97. The molecule has 2 saturated heterocycles. The second-order valence-electron chi connectivity index (χ2n) is 6.64. The number of rotatable bonds is 5. The highest BCUT2D eigenvalue weighted by atomic mass is 15.2. The molecule has 2 unspecified atom stereocenters. The third-order valence-electron chi connectivity index (χ3n) is 5.44. The van der Waals surface area contributed by atoms with Crippen LogP contribution < -0.4 is 5.32 Å². The predicted octanol–water partition coefficient (Wildman–Crippen LogP) is 3.21. The van der Waals surface area contributed by atoms with Crippen LogP contribution in [0, 0.1) is 5.92 Å². The Labute approximate surface area is 123 Å². The van der Waals surface area contributed by atoms with E-state index in [2.05, 4.69) is 48.5 Å². The first-order chi connectivity index (χ1) is 9.78. The van der Waals surface area contributed by atoms with Gasteiger partial charge in [-0.25, -0.2) is 0 Å². The van der Waals surface area contributed by atoms with E-state index in [1.54, 1.807) is 0 Å². The van der Waals surface area contributed by atoms with Crippen molar-refractivity contribution in [2.45, 2.75) is 57.7 Å². The van der Waals surface area contributed by atoms with Crippen LogP contribution in [0.3, 0.4) is 0 Å². The van der Waals surface area contributed by atoms with E-state index in [0.29, 0.717) is 0 Å². The van der Waals surface area contributed by atoms with E-state index in [1.807, 2.05) is 0 Å². The van der Waals surface area contributed by atoms with Gasteiger partial charge in [-0.3, -0.25) is 0 Å². The SMILES string of the molecule is CCc1ccccc1CNCC1CC2CCC(C1)N2C. The van der Waals surface area contributed by atoms with Crippen molar-refractivity contribution >= 4 is 0 Å². The van der Waals surface area contributed by atoms with Crippen LogP contribution in [0.25, 0.3) is 0 Å². The summed E-state index contributed by atoms with van der Waals surface area (Å²) < 4.78 is 0. The Balaban J connectivity index is 1.49. The van der Waals surface area contributed by atoms with Crippen LogP contribution in [0.2, 0.25) is 0 Å². The van der Waals surface area contributed by atoms with Crippen LogP contribution in [-0.2, 0) is 13.0 Å². The number of piperidine rings is 1. The van der Waals surface area contributed by atoms with E-state index in [-0.39, 0.29) is 0 Å². The van der Waals surface area contributed by atoms with Gasteiger partial charge in [0.2, 0.25) is 0 Å². The Morgan fingerprint density at radius 3 is 2.40 bits per heavy atom. The smallest absolute Gasteiger partial charge is 0.0208 e. The largest absolute Gasteiger partial charge is 0.312 e. The second-order valence-corrected chi connectivity index (χ2v) is 6.64. The first kappa shape index (κ1) is 14.1. The summed E-state index contributed by atoms with van der Waals surface area (Å²) in [5, 5.41) is 3.71. The van der Waals surface area contributed by atoms with E-state index >= 15 is 0 Å². The van der Waals surface area contributed by atoms with Crippen molar-refractivity contribution in [3.05, 3.63) is 35.4 Å². The second kappa shape index (κ2) is 6.28. The van der Waals surface area contributed by atoms with Gasteiger partial charge in [-0.2, -0.15) is 0 Å². The molecular formula is C18H28N2. The molecule has 2 nitrogen and oxygen atoms in total. The van der Waals surface area contributed by atoms with E-state index in [9.17, 15) is 0 Å². The van der Waals surface area contributed by atoms with Gasteiger partial charge in [0.25, 0.3) is 0 Å². The molecule has 2 aliphatic heterocycles. The molecule has 1 aromatic carbocycles. The highest BCUT2D eigenvalue weighted by Gasteiger charge is 2.37. The zero-order valence-electron chi connectivity index (χ0n) is 12.9. The van der Waals surface area contributed by atoms with Gasteiger partial charge < -0.3 is 10.2 Å². The third kappa shape index (κ3) is 2.91. The van der Waals surface area contributed by atoms with E-state index in [0.717, 1.165) is 31.0 Å². The maximum absolute atomic E-state index is 3.71. The summed E-state index contributed by atoms with van der Waals surface area (Å²) in [4.78, 5) is 2.63. The molecule has 110 valence electrons. The molecule has 0 radical (unpaired) electrons. The Morgan fingerprint density at radius 1 is 1.10 bits per heavy atom. The maximum atomic E-state index is 3.71. The van der Waals surface area contributed by atoms with Gasteiger partial charge in [0.1, 0.15) is 0 Å². The molecule has 0 spiro atoms. The number of benzene rings is 1. The topological polar surface area (TPSA) is 15.3 Å². The minimum atomic E-state index is 0.864. The van der Waals surface area contributed by atoms with Gasteiger partial charge in [-0.05, 0) is 62.7 Å². The van der Waals surface area contributed by atoms with Gasteiger partial charge in [-0.15, -0.1) is 0 Å². The van der Waals surface area contributed by atoms with Gasteiger partial charge in [-0.1, -0.05) is 31.2 Å². The molecule has 2 bridgehead atoms. The van der Waals surface area contributed by atoms with Crippen molar-refractivity contribution < 1.29 is 0 Å². The molecule has 2 heteroatoms. The van der Waals surface area contributed by atoms with E-state index < -0.39 is 0 Å². The van der Waals surface area contributed by atoms with Crippen molar-refractivity contribution in [2.24, 2.45) is 5.92 Å². The van der Waals surface area contributed by atoms with Crippen molar-refractivity contribution in [3.63, 3.8) is 0 Å². The molecule has 0 saturated carbocycles. The third-order valence-corrected chi connectivity index (χ3v) is 5.44. The number of nitrogens with one attached hydrogen (secondary N) is 1. The molecule has 1 N–H and O–H groups in total. The number of hydrogen-bond acceptors (Lipinski definition) is 2. The van der Waals surface area contributed by atoms with Gasteiger partial charge in [0.15, 0.2) is 0 Å². The lowest BCUT2D eigenvalue weighted by molar-refractivity contribution is 0.133. The standard InChI is InChI=1S/C18H28N2/c1-3-15-6-4-5-7-16(15)13-19-12-14-10-17-8-9-18(11-14)20(17)2/h4-7,14,17-19H,3,8-13H2,1-2H3. The highest BCUT2D eigenvalue weighted by Crippen LogP contribution is 2.37. The van der Waals surface area contributed by atoms with Gasteiger partial charge in [0.05, 0.1) is 0 Å². The fraction of sp³-hybridized carbons (Fsp3) is 0.667. The molecule has 0 aliphatic carbocycles. The number of nitrogens with zero attached hydrogens (tertiary/aromatic N) is 1. The Bertz CT molecular complexity index is 429. The van der Waals surface area contributed by atoms with E-state index in [4.69, 9.17) is 0 Å². The van der Waals surface area contributed by atoms with Crippen LogP contribution in [0.5, 0.6) is 0 Å². The van der Waals surface area contributed by atoms with Gasteiger partial charge >= 0.3 is 0 Å². The summed E-state index contributed by atoms with van der Waals surface area (Å²) in [5.74, 6) is 0.887. The molecule has 0 aromatic heterocycles. The van der Waals surface area contributed by atoms with Crippen molar-refractivity contribution in [3.8, 4) is 0 Å². The van der Waals surface area contributed by atoms with Crippen molar-refractivity contribution in [2.75, 3.05) is 13.6 Å². The van der Waals surface area contributed by atoms with Crippen LogP contribution >= 0.6 is 0 Å². The first-order valence-corrected chi connectivity index (χ1v) is 8.27. The molecule has 0 amide bonds. The molecule has 2 fully saturated rings. The maximum Gasteiger partial charge on any atom is 0.0208 e. The lowest BCUT2D eigenvalue weighted by Gasteiger charge is -2.36. The lowest BCUT2D eigenvalue weighted by atomic mass is 9.91. The van der Waals surface area contributed by atoms with E-state index in [1.165, 1.54) is 43.4 Å². The molecular weight excluding hydrogens is 244 g/mol. The Hall–Kier alpha value is -0.860. The number of aryl methyl sites for hydroxylation is 1. The van der Waals surface area contributed by atoms with Crippen LogP contribution in [0.15, 0.2) is 24.3 Å². The Kier molecular flexibility index (Phi) is 4.42. The molecule has 2 aliphatic rings. The first-order valence-electron chi connectivity index (χ1n) is 8.27. The molecule has 20 heavy (non-hydrogen) atoms. The van der Waals surface area contributed by atoms with Crippen molar-refractivity contribution in [1.29, 1.82) is 0 Å². The number of hydrogen-bond donors (Lipinski definition) is 1. The summed E-state index contributed by atoms with van der Waals surface area (Å²) in [6, 6.07) is 10.6. The summed E-state index contributed by atoms with van der Waals surface area (Å²) >= 11 is 0. The van der Waals surface area contributed by atoms with Crippen LogP contribution in [-0.4, -0.2) is 30.6 Å². The summed E-state index contributed by atoms with van der Waals surface area (Å²) in [6.07, 6.45) is 6.79. The minimum absolute atomic E-state index is 0.864. The number of fused-ring (bicyclic) bond motifs is 2. The fourth-order valence-electron chi connectivity index (χ4n) is 4.18. The zero-order valence-corrected chi connectivity index (χ0v) is 12.9. The van der Waals surface area contributed by atoms with Crippen molar-refractivity contribution in [1.82, 2.24) is 10.2 Å². The normalized spacial score (nSPS) is 29.8. The highest BCUT2D eigenvalue weighted by molar-refractivity contribution is 5.26. The summed E-state index contributed by atoms with van der Waals surface area (Å²) in [7, 11) is 2.32. The average Bonchev–Trinajstić information content (AvgIpc) is 2.70. The zero-order chi connectivity index (χ0) is 13.9. The molecule has 3 rings (SSSR count). The Morgan fingerprint density at radius 2 is 1.75 bits per heavy atom. The monoisotopic (exact) mass is 272 g/mol. The molecule has 2 atom stereocenters. The molecule has 2 heterocycles. The quantitative estimate of drug-likeness (QED) is 0.885. The summed E-state index contributed by atoms with van der Waals surface area (Å²) in [6.45, 7) is 4.47. The minimum Gasteiger partial charge on any atom is -0.312 e. The van der Waals surface area contributed by atoms with Crippen LogP contribution in [0.4, 0.5) is 0 Å². The van der Waals surface area contributed by atoms with Gasteiger partial charge in [0, 0.05) is 18.6 Å². The lowest BCUT2D eigenvalue weighted by Crippen LogP contribution is -2.42. The van der Waals surface area contributed by atoms with Crippen LogP contribution in [0.1, 0.15) is 43.7 Å². The fourth-order valence-corrected chi connectivity index (χ4v) is 4.18. The average molecular weight is 272 g/mol. The predicted molar refractivity (Wildman–Crippen MR) is 84.8 cm³/mol.